The van der Waals surface area contributed by atoms with Crippen LogP contribution in [0, 0.1) is 11.3 Å². The van der Waals surface area contributed by atoms with E-state index in [0.29, 0.717) is 5.92 Å². The zero-order valence-electron chi connectivity index (χ0n) is 5.85. The summed E-state index contributed by atoms with van der Waals surface area (Å²) < 4.78 is 0. The van der Waals surface area contributed by atoms with E-state index in [-0.39, 0.29) is 12.4 Å². The molecular weight excluding hydrogens is 136 g/mol. The minimum atomic E-state index is 0. The van der Waals surface area contributed by atoms with Gasteiger partial charge >= 0.3 is 0 Å². The molecule has 2 nitrogen and oxygen atoms in total. The molecule has 0 aromatic carbocycles. The fourth-order valence-corrected chi connectivity index (χ4v) is 0.379. The van der Waals surface area contributed by atoms with E-state index < -0.39 is 0 Å². The van der Waals surface area contributed by atoms with Gasteiger partial charge in [-0.3, -0.25) is 0 Å². The number of nitrogens with one attached hydrogen (secondary N) is 1. The van der Waals surface area contributed by atoms with Crippen molar-refractivity contribution < 1.29 is 0 Å². The third-order valence-corrected chi connectivity index (χ3v) is 0.897. The minimum absolute atomic E-state index is 0. The summed E-state index contributed by atoms with van der Waals surface area (Å²) >= 11 is 0. The molecule has 1 N–H and O–H groups in total. The lowest BCUT2D eigenvalue weighted by Crippen LogP contribution is -1.88. The number of hydrogen-bond acceptors (Lipinski definition) is 2. The number of nitrogens with zero attached hydrogens (tertiary/aromatic N) is 1. The summed E-state index contributed by atoms with van der Waals surface area (Å²) in [6.07, 6.45) is 1.06. The van der Waals surface area contributed by atoms with Crippen LogP contribution in [-0.4, -0.2) is 12.6 Å². The second-order valence-electron chi connectivity index (χ2n) is 2.18. The molecule has 0 spiro atoms. The lowest BCUT2D eigenvalue weighted by atomic mass is 10.1. The Balaban J connectivity index is 0. The average Bonchev–Trinajstić information content (AvgIpc) is 1.66. The van der Waals surface area contributed by atoms with Crippen LogP contribution in [0.3, 0.4) is 0 Å². The van der Waals surface area contributed by atoms with Crippen LogP contribution in [0.25, 0.3) is 0 Å². The summed E-state index contributed by atoms with van der Waals surface area (Å²) in [6.45, 7) is 5.03. The maximum absolute atomic E-state index is 6.43. The van der Waals surface area contributed by atoms with Crippen molar-refractivity contribution in [3.8, 4) is 0 Å². The molecule has 0 saturated carbocycles. The monoisotopic (exact) mass is 148 g/mol. The van der Waals surface area contributed by atoms with Crippen LogP contribution in [-0.2, 0) is 0 Å². The van der Waals surface area contributed by atoms with Gasteiger partial charge in [-0.05, 0) is 12.3 Å². The highest BCUT2D eigenvalue weighted by Crippen LogP contribution is 1.97. The van der Waals surface area contributed by atoms with Crippen molar-refractivity contribution in [1.29, 1.82) is 5.41 Å². The SMILES string of the molecule is CC(C)CCN=C=N.Cl. The van der Waals surface area contributed by atoms with Crippen LogP contribution < -0.4 is 0 Å². The summed E-state index contributed by atoms with van der Waals surface area (Å²) in [6, 6.07) is 2.00. The van der Waals surface area contributed by atoms with Gasteiger partial charge in [0, 0.05) is 0 Å². The van der Waals surface area contributed by atoms with Crippen LogP contribution in [0.2, 0.25) is 0 Å². The van der Waals surface area contributed by atoms with E-state index in [9.17, 15) is 0 Å². The molecule has 0 saturated heterocycles. The van der Waals surface area contributed by atoms with Crippen LogP contribution in [0.5, 0.6) is 0 Å². The normalized spacial score (nSPS) is 7.89. The van der Waals surface area contributed by atoms with Gasteiger partial charge in [-0.1, -0.05) is 13.8 Å². The third-order valence-electron chi connectivity index (χ3n) is 0.897. The van der Waals surface area contributed by atoms with Crippen molar-refractivity contribution in [2.45, 2.75) is 20.3 Å². The van der Waals surface area contributed by atoms with Crippen molar-refractivity contribution in [3.63, 3.8) is 0 Å². The molecule has 0 aromatic rings. The summed E-state index contributed by atoms with van der Waals surface area (Å²) in [5.41, 5.74) is 0. The molecule has 0 aliphatic carbocycles. The van der Waals surface area contributed by atoms with Gasteiger partial charge in [0.15, 0.2) is 0 Å². The van der Waals surface area contributed by atoms with Gasteiger partial charge in [0.1, 0.15) is 0 Å². The molecule has 0 heterocycles. The van der Waals surface area contributed by atoms with Crippen molar-refractivity contribution >= 4 is 18.4 Å². The molecular formula is C6H13ClN2. The Bertz CT molecular complexity index is 95.2. The zero-order valence-corrected chi connectivity index (χ0v) is 6.66. The van der Waals surface area contributed by atoms with Gasteiger partial charge in [-0.25, -0.2) is 10.4 Å². The Labute approximate surface area is 62.3 Å². The van der Waals surface area contributed by atoms with Crippen molar-refractivity contribution in [1.82, 2.24) is 0 Å². The second-order valence-corrected chi connectivity index (χ2v) is 2.18. The quantitative estimate of drug-likeness (QED) is 0.596. The molecule has 0 radical (unpaired) electrons. The second kappa shape index (κ2) is 7.67. The summed E-state index contributed by atoms with van der Waals surface area (Å²) in [5, 5.41) is 6.43. The minimum Gasteiger partial charge on any atom is -0.242 e. The Hall–Kier alpha value is -0.330. The standard InChI is InChI=1S/C6H12N2.ClH/c1-6(2)3-4-8-5-7;/h6-7H,3-4H2,1-2H3;1H. The average molecular weight is 149 g/mol. The number of aliphatic imine (C=N–C) groups is 1. The van der Waals surface area contributed by atoms with Crippen LogP contribution in [0.15, 0.2) is 4.99 Å². The van der Waals surface area contributed by atoms with Crippen LogP contribution in [0.1, 0.15) is 20.3 Å². The molecule has 0 atom stereocenters. The molecule has 0 amide bonds. The van der Waals surface area contributed by atoms with Crippen molar-refractivity contribution in [2.24, 2.45) is 10.9 Å². The molecule has 0 fully saturated rings. The Morgan fingerprint density at radius 2 is 2.11 bits per heavy atom. The van der Waals surface area contributed by atoms with Crippen LogP contribution >= 0.6 is 12.4 Å². The lowest BCUT2D eigenvalue weighted by Gasteiger charge is -1.96. The van der Waals surface area contributed by atoms with E-state index in [1.165, 1.54) is 0 Å². The van der Waals surface area contributed by atoms with Crippen molar-refractivity contribution in [3.05, 3.63) is 0 Å². The largest absolute Gasteiger partial charge is 0.242 e. The molecule has 9 heavy (non-hydrogen) atoms. The summed E-state index contributed by atoms with van der Waals surface area (Å²) in [7, 11) is 0. The molecule has 0 aliphatic heterocycles. The number of hydrogen-bond donors (Lipinski definition) is 1. The first-order valence-electron chi connectivity index (χ1n) is 2.85. The van der Waals surface area contributed by atoms with Crippen molar-refractivity contribution in [2.75, 3.05) is 6.54 Å². The predicted molar refractivity (Wildman–Crippen MR) is 41.7 cm³/mol. The fraction of sp³-hybridized carbons (Fsp3) is 0.833. The highest BCUT2D eigenvalue weighted by Gasteiger charge is 1.88. The molecule has 0 bridgehead atoms. The van der Waals surface area contributed by atoms with Gasteiger partial charge in [0.05, 0.1) is 12.6 Å². The van der Waals surface area contributed by atoms with E-state index in [4.69, 9.17) is 5.41 Å². The first-order valence-corrected chi connectivity index (χ1v) is 2.85. The van der Waals surface area contributed by atoms with E-state index >= 15 is 0 Å². The topological polar surface area (TPSA) is 36.2 Å². The summed E-state index contributed by atoms with van der Waals surface area (Å²) in [5.74, 6) is 0.687. The smallest absolute Gasteiger partial charge is 0.0861 e. The Kier molecular flexibility index (Phi) is 9.77. The van der Waals surface area contributed by atoms with Gasteiger partial charge in [0.2, 0.25) is 0 Å². The van der Waals surface area contributed by atoms with Gasteiger partial charge in [0.25, 0.3) is 0 Å². The highest BCUT2D eigenvalue weighted by atomic mass is 35.5. The molecule has 0 rings (SSSR count). The number of halogens is 1. The first kappa shape index (κ1) is 11.5. The summed E-state index contributed by atoms with van der Waals surface area (Å²) in [4.78, 5) is 3.63. The fourth-order valence-electron chi connectivity index (χ4n) is 0.379. The van der Waals surface area contributed by atoms with E-state index in [1.54, 1.807) is 0 Å². The zero-order chi connectivity index (χ0) is 6.41. The molecule has 0 aliphatic rings. The molecule has 3 heteroatoms. The third kappa shape index (κ3) is 11.3. The Morgan fingerprint density at radius 1 is 1.56 bits per heavy atom. The van der Waals surface area contributed by atoms with Gasteiger partial charge in [-0.15, -0.1) is 12.4 Å². The van der Waals surface area contributed by atoms with E-state index in [2.05, 4.69) is 18.8 Å². The molecule has 0 aromatic heterocycles. The Morgan fingerprint density at radius 3 is 2.44 bits per heavy atom. The van der Waals surface area contributed by atoms with Crippen LogP contribution in [0.4, 0.5) is 0 Å². The highest BCUT2D eigenvalue weighted by molar-refractivity contribution is 5.85. The van der Waals surface area contributed by atoms with Gasteiger partial charge in [-0.2, -0.15) is 0 Å². The maximum atomic E-state index is 6.43. The van der Waals surface area contributed by atoms with E-state index in [0.717, 1.165) is 13.0 Å². The lowest BCUT2D eigenvalue weighted by molar-refractivity contribution is 0.597. The predicted octanol–water partition coefficient (Wildman–Crippen LogP) is 2.21. The molecule has 54 valence electrons. The first-order chi connectivity index (χ1) is 3.77. The van der Waals surface area contributed by atoms with Gasteiger partial charge < -0.3 is 0 Å². The number of rotatable bonds is 3. The molecule has 0 unspecified atom stereocenters. The maximum Gasteiger partial charge on any atom is 0.0861 e. The van der Waals surface area contributed by atoms with E-state index in [1.807, 2.05) is 6.01 Å².